The normalized spacial score (nSPS) is 9.79. The van der Waals surface area contributed by atoms with Gasteiger partial charge >= 0.3 is 11.0 Å². The smallest absolute Gasteiger partial charge is 0.327 e. The quantitative estimate of drug-likeness (QED) is 0.436. The van der Waals surface area contributed by atoms with Crippen molar-refractivity contribution in [2.75, 3.05) is 6.61 Å². The molecule has 1 aromatic heterocycles. The van der Waals surface area contributed by atoms with Gasteiger partial charge in [-0.25, -0.2) is 0 Å². The number of carbonyl (C=O) groups is 1. The molecule has 5 nitrogen and oxygen atoms in total. The van der Waals surface area contributed by atoms with Crippen LogP contribution in [0.5, 0.6) is 0 Å². The average Bonchev–Trinajstić information content (AvgIpc) is 2.52. The molecule has 1 rings (SSSR count). The van der Waals surface area contributed by atoms with Crippen LogP contribution in [0, 0.1) is 10.1 Å². The van der Waals surface area contributed by atoms with Crippen LogP contribution in [0.15, 0.2) is 11.4 Å². The van der Waals surface area contributed by atoms with Crippen LogP contribution in [0.3, 0.4) is 0 Å². The molecule has 0 amide bonds. The van der Waals surface area contributed by atoms with Gasteiger partial charge in [-0.2, -0.15) is 0 Å². The average molecular weight is 215 g/mol. The van der Waals surface area contributed by atoms with Gasteiger partial charge in [0.2, 0.25) is 0 Å². The predicted molar refractivity (Wildman–Crippen MR) is 51.3 cm³/mol. The number of hydrogen-bond acceptors (Lipinski definition) is 5. The fraction of sp³-hybridized carbons (Fsp3) is 0.375. The highest BCUT2D eigenvalue weighted by Gasteiger charge is 2.18. The van der Waals surface area contributed by atoms with Crippen molar-refractivity contribution in [3.8, 4) is 0 Å². The number of hydrogen-bond donors (Lipinski definition) is 0. The van der Waals surface area contributed by atoms with Gasteiger partial charge in [0, 0.05) is 0 Å². The zero-order chi connectivity index (χ0) is 10.6. The van der Waals surface area contributed by atoms with Crippen molar-refractivity contribution in [3.05, 3.63) is 27.1 Å². The third-order valence-corrected chi connectivity index (χ3v) is 2.44. The summed E-state index contributed by atoms with van der Waals surface area (Å²) in [4.78, 5) is 21.0. The molecule has 0 radical (unpaired) electrons. The van der Waals surface area contributed by atoms with Crippen molar-refractivity contribution in [2.24, 2.45) is 0 Å². The van der Waals surface area contributed by atoms with Gasteiger partial charge in [0.15, 0.2) is 0 Å². The highest BCUT2D eigenvalue weighted by molar-refractivity contribution is 7.13. The van der Waals surface area contributed by atoms with Crippen LogP contribution < -0.4 is 0 Å². The minimum absolute atomic E-state index is 0.0121. The van der Waals surface area contributed by atoms with E-state index in [0.29, 0.717) is 5.56 Å². The van der Waals surface area contributed by atoms with Gasteiger partial charge < -0.3 is 4.74 Å². The van der Waals surface area contributed by atoms with E-state index in [0.717, 1.165) is 11.3 Å². The Kier molecular flexibility index (Phi) is 3.58. The summed E-state index contributed by atoms with van der Waals surface area (Å²) >= 11 is 1.01. The molecule has 0 aromatic carbocycles. The van der Waals surface area contributed by atoms with Crippen LogP contribution in [0.25, 0.3) is 0 Å². The third kappa shape index (κ3) is 2.53. The van der Waals surface area contributed by atoms with Crippen molar-refractivity contribution in [1.82, 2.24) is 0 Å². The van der Waals surface area contributed by atoms with Gasteiger partial charge in [-0.1, -0.05) is 11.3 Å². The second-order valence-corrected chi connectivity index (χ2v) is 3.38. The number of rotatable bonds is 4. The molecule has 0 saturated carbocycles. The molecule has 0 unspecified atom stereocenters. The van der Waals surface area contributed by atoms with Gasteiger partial charge in [-0.15, -0.1) is 0 Å². The maximum atomic E-state index is 11.0. The SMILES string of the molecule is CCOC(=O)Cc1ccsc1[N+](=O)[O-]. The molecule has 1 heterocycles. The summed E-state index contributed by atoms with van der Waals surface area (Å²) in [6, 6.07) is 1.57. The molecule has 0 aliphatic carbocycles. The van der Waals surface area contributed by atoms with Gasteiger partial charge in [-0.05, 0) is 18.4 Å². The maximum Gasteiger partial charge on any atom is 0.327 e. The van der Waals surface area contributed by atoms with Gasteiger partial charge in [0.05, 0.1) is 23.5 Å². The molecule has 0 spiro atoms. The fourth-order valence-electron chi connectivity index (χ4n) is 0.990. The first kappa shape index (κ1) is 10.6. The number of nitrogens with zero attached hydrogens (tertiary/aromatic N) is 1. The highest BCUT2D eigenvalue weighted by atomic mass is 32.1. The van der Waals surface area contributed by atoms with Crippen LogP contribution in [-0.2, 0) is 16.0 Å². The minimum Gasteiger partial charge on any atom is -0.466 e. The van der Waals surface area contributed by atoms with E-state index in [4.69, 9.17) is 4.74 Å². The Bertz CT molecular complexity index is 347. The summed E-state index contributed by atoms with van der Waals surface area (Å²) in [5, 5.41) is 12.1. The fourth-order valence-corrected chi connectivity index (χ4v) is 1.73. The summed E-state index contributed by atoms with van der Waals surface area (Å²) in [5.74, 6) is -0.436. The molecule has 6 heteroatoms. The Balaban J connectivity index is 2.71. The molecular weight excluding hydrogens is 206 g/mol. The van der Waals surface area contributed by atoms with E-state index >= 15 is 0 Å². The molecule has 14 heavy (non-hydrogen) atoms. The summed E-state index contributed by atoms with van der Waals surface area (Å²) in [5.41, 5.74) is 0.415. The first-order chi connectivity index (χ1) is 6.65. The van der Waals surface area contributed by atoms with E-state index in [1.54, 1.807) is 18.4 Å². The number of nitro groups is 1. The topological polar surface area (TPSA) is 69.4 Å². The molecule has 0 aliphatic rings. The standard InChI is InChI=1S/C8H9NO4S/c1-2-13-7(10)5-6-3-4-14-8(6)9(11)12/h3-4H,2,5H2,1H3. The first-order valence-electron chi connectivity index (χ1n) is 4.01. The lowest BCUT2D eigenvalue weighted by atomic mass is 10.2. The van der Waals surface area contributed by atoms with Crippen molar-refractivity contribution in [3.63, 3.8) is 0 Å². The van der Waals surface area contributed by atoms with E-state index in [9.17, 15) is 14.9 Å². The lowest BCUT2D eigenvalue weighted by molar-refractivity contribution is -0.380. The number of thiophene rings is 1. The highest BCUT2D eigenvalue weighted by Crippen LogP contribution is 2.25. The number of esters is 1. The zero-order valence-corrected chi connectivity index (χ0v) is 8.37. The van der Waals surface area contributed by atoms with Crippen LogP contribution in [0.2, 0.25) is 0 Å². The summed E-state index contributed by atoms with van der Waals surface area (Å²) in [6.45, 7) is 1.98. The lowest BCUT2D eigenvalue weighted by Gasteiger charge is -1.98. The Morgan fingerprint density at radius 2 is 2.43 bits per heavy atom. The molecule has 1 aromatic rings. The predicted octanol–water partition coefficient (Wildman–Crippen LogP) is 1.76. The molecule has 0 bridgehead atoms. The second kappa shape index (κ2) is 4.71. The molecule has 76 valence electrons. The second-order valence-electron chi connectivity index (χ2n) is 2.49. The van der Waals surface area contributed by atoms with Crippen LogP contribution in [0.4, 0.5) is 5.00 Å². The molecule has 0 saturated heterocycles. The third-order valence-electron chi connectivity index (χ3n) is 1.53. The van der Waals surface area contributed by atoms with E-state index in [2.05, 4.69) is 0 Å². The molecular formula is C8H9NO4S. The van der Waals surface area contributed by atoms with Crippen LogP contribution >= 0.6 is 11.3 Å². The summed E-state index contributed by atoms with van der Waals surface area (Å²) < 4.78 is 4.69. The van der Waals surface area contributed by atoms with Crippen LogP contribution in [-0.4, -0.2) is 17.5 Å². The Morgan fingerprint density at radius 1 is 1.71 bits per heavy atom. The minimum atomic E-state index is -0.487. The number of ether oxygens (including phenoxy) is 1. The van der Waals surface area contributed by atoms with Crippen molar-refractivity contribution in [2.45, 2.75) is 13.3 Å². The van der Waals surface area contributed by atoms with E-state index in [1.807, 2.05) is 0 Å². The van der Waals surface area contributed by atoms with Crippen LogP contribution in [0.1, 0.15) is 12.5 Å². The first-order valence-corrected chi connectivity index (χ1v) is 4.89. The maximum absolute atomic E-state index is 11.0. The van der Waals surface area contributed by atoms with E-state index in [1.165, 1.54) is 0 Å². The Labute approximate surface area is 84.5 Å². The van der Waals surface area contributed by atoms with Gasteiger partial charge in [-0.3, -0.25) is 14.9 Å². The van der Waals surface area contributed by atoms with Gasteiger partial charge in [0.25, 0.3) is 0 Å². The van der Waals surface area contributed by atoms with E-state index in [-0.39, 0.29) is 18.0 Å². The number of carbonyl (C=O) groups excluding carboxylic acids is 1. The molecule has 0 atom stereocenters. The Hall–Kier alpha value is -1.43. The molecule has 0 aliphatic heterocycles. The largest absolute Gasteiger partial charge is 0.466 e. The zero-order valence-electron chi connectivity index (χ0n) is 7.56. The van der Waals surface area contributed by atoms with E-state index < -0.39 is 10.9 Å². The lowest BCUT2D eigenvalue weighted by Crippen LogP contribution is -2.07. The summed E-state index contributed by atoms with van der Waals surface area (Å²) in [7, 11) is 0. The summed E-state index contributed by atoms with van der Waals surface area (Å²) in [6.07, 6.45) is -0.0341. The molecule has 0 N–H and O–H groups in total. The van der Waals surface area contributed by atoms with Gasteiger partial charge in [0.1, 0.15) is 0 Å². The Morgan fingerprint density at radius 3 is 3.00 bits per heavy atom. The van der Waals surface area contributed by atoms with Crippen molar-refractivity contribution in [1.29, 1.82) is 0 Å². The monoisotopic (exact) mass is 215 g/mol. The van der Waals surface area contributed by atoms with Crippen molar-refractivity contribution >= 4 is 22.3 Å². The molecule has 0 fully saturated rings. The van der Waals surface area contributed by atoms with Crippen molar-refractivity contribution < 1.29 is 14.5 Å².